The van der Waals surface area contributed by atoms with Gasteiger partial charge in [0.25, 0.3) is 0 Å². The average molecular weight is 114 g/mol. The number of rotatable bonds is 0. The molecule has 1 aliphatic heterocycles. The first-order chi connectivity index (χ1) is 3.84. The van der Waals surface area contributed by atoms with E-state index in [1.807, 2.05) is 11.9 Å². The van der Waals surface area contributed by atoms with Gasteiger partial charge in [0.1, 0.15) is 5.84 Å². The Morgan fingerprint density at radius 3 is 2.75 bits per heavy atom. The zero-order chi connectivity index (χ0) is 5.98. The van der Waals surface area contributed by atoms with Crippen LogP contribution < -0.4 is 0 Å². The third kappa shape index (κ3) is 0.757. The van der Waals surface area contributed by atoms with Crippen molar-refractivity contribution in [2.24, 2.45) is 5.16 Å². The number of amidine groups is 1. The van der Waals surface area contributed by atoms with Gasteiger partial charge in [-0.15, -0.1) is 0 Å². The summed E-state index contributed by atoms with van der Waals surface area (Å²) in [7, 11) is 1.93. The summed E-state index contributed by atoms with van der Waals surface area (Å²) < 4.78 is 0. The van der Waals surface area contributed by atoms with Gasteiger partial charge in [0.2, 0.25) is 0 Å². The summed E-state index contributed by atoms with van der Waals surface area (Å²) in [5.41, 5.74) is 0. The quantitative estimate of drug-likeness (QED) is 0.367. The van der Waals surface area contributed by atoms with Gasteiger partial charge in [-0.2, -0.15) is 0 Å². The minimum absolute atomic E-state index is 0.810. The van der Waals surface area contributed by atoms with Crippen molar-refractivity contribution < 1.29 is 5.21 Å². The average Bonchev–Trinajstić information content (AvgIpc) is 2.14. The van der Waals surface area contributed by atoms with Crippen LogP contribution in [0.3, 0.4) is 0 Å². The molecule has 0 amide bonds. The number of nitrogens with zero attached hydrogens (tertiary/aromatic N) is 2. The first kappa shape index (κ1) is 5.41. The highest BCUT2D eigenvalue weighted by Gasteiger charge is 2.13. The summed E-state index contributed by atoms with van der Waals surface area (Å²) in [6.45, 7) is 1.03. The van der Waals surface area contributed by atoms with Gasteiger partial charge in [0.05, 0.1) is 0 Å². The molecule has 0 aromatic rings. The minimum Gasteiger partial charge on any atom is -0.409 e. The summed E-state index contributed by atoms with van der Waals surface area (Å²) in [4.78, 5) is 1.96. The summed E-state index contributed by atoms with van der Waals surface area (Å²) in [6.07, 6.45) is 2.04. The molecule has 46 valence electrons. The fourth-order valence-electron chi connectivity index (χ4n) is 0.921. The van der Waals surface area contributed by atoms with Crippen molar-refractivity contribution in [3.05, 3.63) is 0 Å². The molecule has 0 bridgehead atoms. The van der Waals surface area contributed by atoms with E-state index < -0.39 is 0 Å². The van der Waals surface area contributed by atoms with E-state index in [1.54, 1.807) is 0 Å². The molecule has 0 atom stereocenters. The predicted molar refractivity (Wildman–Crippen MR) is 31.1 cm³/mol. The van der Waals surface area contributed by atoms with Crippen LogP contribution in [0.25, 0.3) is 0 Å². The third-order valence-electron chi connectivity index (χ3n) is 1.45. The van der Waals surface area contributed by atoms with Crippen LogP contribution in [0.1, 0.15) is 12.8 Å². The Morgan fingerprint density at radius 2 is 2.50 bits per heavy atom. The van der Waals surface area contributed by atoms with Crippen molar-refractivity contribution in [1.82, 2.24) is 4.90 Å². The van der Waals surface area contributed by atoms with Gasteiger partial charge >= 0.3 is 0 Å². The Labute approximate surface area is 48.6 Å². The molecule has 1 saturated heterocycles. The van der Waals surface area contributed by atoms with Crippen molar-refractivity contribution in [2.75, 3.05) is 13.6 Å². The van der Waals surface area contributed by atoms with E-state index in [9.17, 15) is 0 Å². The maximum absolute atomic E-state index is 8.28. The Kier molecular flexibility index (Phi) is 1.37. The highest BCUT2D eigenvalue weighted by Crippen LogP contribution is 2.07. The molecule has 8 heavy (non-hydrogen) atoms. The van der Waals surface area contributed by atoms with Gasteiger partial charge in [-0.3, -0.25) is 0 Å². The van der Waals surface area contributed by atoms with Gasteiger partial charge < -0.3 is 10.1 Å². The summed E-state index contributed by atoms with van der Waals surface area (Å²) in [5, 5.41) is 11.4. The zero-order valence-corrected chi connectivity index (χ0v) is 4.96. The summed E-state index contributed by atoms with van der Waals surface area (Å²) in [5.74, 6) is 0.810. The van der Waals surface area contributed by atoms with Crippen LogP contribution in [0.2, 0.25) is 0 Å². The molecule has 0 unspecified atom stereocenters. The molecule has 1 N–H and O–H groups in total. The maximum atomic E-state index is 8.28. The highest BCUT2D eigenvalue weighted by molar-refractivity contribution is 5.83. The molecule has 3 nitrogen and oxygen atoms in total. The second-order valence-corrected chi connectivity index (χ2v) is 2.04. The van der Waals surface area contributed by atoms with Gasteiger partial charge in [-0.1, -0.05) is 5.16 Å². The lowest BCUT2D eigenvalue weighted by Crippen LogP contribution is -2.18. The number of hydrogen-bond acceptors (Lipinski definition) is 2. The van der Waals surface area contributed by atoms with Crippen molar-refractivity contribution in [2.45, 2.75) is 12.8 Å². The minimum atomic E-state index is 0.810. The molecule has 1 heterocycles. The van der Waals surface area contributed by atoms with Crippen LogP contribution in [0.4, 0.5) is 0 Å². The van der Waals surface area contributed by atoms with E-state index in [0.29, 0.717) is 0 Å². The van der Waals surface area contributed by atoms with E-state index >= 15 is 0 Å². The van der Waals surface area contributed by atoms with E-state index in [0.717, 1.165) is 25.2 Å². The predicted octanol–water partition coefficient (Wildman–Crippen LogP) is 0.500. The smallest absolute Gasteiger partial charge is 0.144 e. The monoisotopic (exact) mass is 114 g/mol. The second kappa shape index (κ2) is 2.03. The molecule has 1 aliphatic rings. The lowest BCUT2D eigenvalue weighted by atomic mass is 10.4. The molecule has 0 spiro atoms. The van der Waals surface area contributed by atoms with Crippen molar-refractivity contribution >= 4 is 5.84 Å². The molecule has 0 radical (unpaired) electrons. The standard InChI is InChI=1S/C5H10N2O/c1-7-4-2-3-5(7)6-8/h8H,2-4H2,1H3/b6-5+. The summed E-state index contributed by atoms with van der Waals surface area (Å²) in [6, 6.07) is 0. The van der Waals surface area contributed by atoms with Crippen LogP contribution in [0.15, 0.2) is 5.16 Å². The van der Waals surface area contributed by atoms with E-state index in [2.05, 4.69) is 5.16 Å². The fraction of sp³-hybridized carbons (Fsp3) is 0.800. The second-order valence-electron chi connectivity index (χ2n) is 2.04. The van der Waals surface area contributed by atoms with E-state index in [-0.39, 0.29) is 0 Å². The molecule has 3 heteroatoms. The molecule has 0 aromatic heterocycles. The van der Waals surface area contributed by atoms with Crippen molar-refractivity contribution in [3.63, 3.8) is 0 Å². The SMILES string of the molecule is CN1CCC/C1=N\O. The van der Waals surface area contributed by atoms with Crippen LogP contribution in [-0.2, 0) is 0 Å². The number of hydrogen-bond donors (Lipinski definition) is 1. The van der Waals surface area contributed by atoms with Gasteiger partial charge in [-0.25, -0.2) is 0 Å². The number of oxime groups is 1. The maximum Gasteiger partial charge on any atom is 0.144 e. The largest absolute Gasteiger partial charge is 0.409 e. The normalized spacial score (nSPS) is 25.1. The lowest BCUT2D eigenvalue weighted by molar-refractivity contribution is 0.309. The third-order valence-corrected chi connectivity index (χ3v) is 1.45. The fourth-order valence-corrected chi connectivity index (χ4v) is 0.921. The van der Waals surface area contributed by atoms with Gasteiger partial charge in [0, 0.05) is 20.0 Å². The van der Waals surface area contributed by atoms with E-state index in [4.69, 9.17) is 5.21 Å². The molecule has 0 aromatic carbocycles. The van der Waals surface area contributed by atoms with Crippen LogP contribution in [0.5, 0.6) is 0 Å². The molecule has 1 rings (SSSR count). The van der Waals surface area contributed by atoms with Crippen molar-refractivity contribution in [1.29, 1.82) is 0 Å². The highest BCUT2D eigenvalue weighted by atomic mass is 16.4. The van der Waals surface area contributed by atoms with Crippen molar-refractivity contribution in [3.8, 4) is 0 Å². The molecule has 0 saturated carbocycles. The first-order valence-corrected chi connectivity index (χ1v) is 2.76. The first-order valence-electron chi connectivity index (χ1n) is 2.76. The Balaban J connectivity index is 2.55. The lowest BCUT2D eigenvalue weighted by Gasteiger charge is -2.07. The molecule has 0 aliphatic carbocycles. The van der Waals surface area contributed by atoms with Crippen LogP contribution >= 0.6 is 0 Å². The zero-order valence-electron chi connectivity index (χ0n) is 4.96. The molecular formula is C5H10N2O. The molecule has 1 fully saturated rings. The Hall–Kier alpha value is -0.730. The van der Waals surface area contributed by atoms with E-state index in [1.165, 1.54) is 0 Å². The Morgan fingerprint density at radius 1 is 1.75 bits per heavy atom. The molecular weight excluding hydrogens is 104 g/mol. The topological polar surface area (TPSA) is 35.8 Å². The number of likely N-dealkylation sites (tertiary alicyclic amines) is 1. The summed E-state index contributed by atoms with van der Waals surface area (Å²) >= 11 is 0. The van der Waals surface area contributed by atoms with Crippen LogP contribution in [0, 0.1) is 0 Å². The Bertz CT molecular complexity index is 111. The van der Waals surface area contributed by atoms with Crippen LogP contribution in [-0.4, -0.2) is 29.5 Å². The van der Waals surface area contributed by atoms with Gasteiger partial charge in [0.15, 0.2) is 0 Å². The van der Waals surface area contributed by atoms with Gasteiger partial charge in [-0.05, 0) is 6.42 Å².